The van der Waals surface area contributed by atoms with E-state index in [0.717, 1.165) is 24.2 Å². The molecule has 2 N–H and O–H groups in total. The van der Waals surface area contributed by atoms with Gasteiger partial charge in [-0.3, -0.25) is 4.79 Å². The number of hydrogen-bond acceptors (Lipinski definition) is 6. The molecule has 2 aromatic rings. The van der Waals surface area contributed by atoms with Gasteiger partial charge in [0.25, 0.3) is 0 Å². The number of aromatic nitrogens is 2. The number of ether oxygens (including phenoxy) is 1. The molecular weight excluding hydrogens is 372 g/mol. The summed E-state index contributed by atoms with van der Waals surface area (Å²) in [6.45, 7) is 4.57. The van der Waals surface area contributed by atoms with Crippen molar-refractivity contribution < 1.29 is 18.8 Å². The van der Waals surface area contributed by atoms with Crippen molar-refractivity contribution in [2.45, 2.75) is 58.1 Å². The van der Waals surface area contributed by atoms with Gasteiger partial charge in [-0.05, 0) is 30.7 Å². The van der Waals surface area contributed by atoms with E-state index in [1.807, 2.05) is 44.2 Å². The minimum atomic E-state index is -0.493. The Morgan fingerprint density at radius 1 is 1.24 bits per heavy atom. The number of nitrogens with one attached hydrogen (secondary N) is 2. The molecule has 0 spiro atoms. The molecule has 2 amide bonds. The molecule has 1 aliphatic carbocycles. The molecule has 8 nitrogen and oxygen atoms in total. The number of hydrogen-bond donors (Lipinski definition) is 2. The third-order valence-electron chi connectivity index (χ3n) is 4.71. The van der Waals surface area contributed by atoms with Crippen LogP contribution < -0.4 is 10.6 Å². The van der Waals surface area contributed by atoms with Crippen LogP contribution in [0, 0.1) is 5.92 Å². The van der Waals surface area contributed by atoms with Crippen LogP contribution in [0.1, 0.15) is 68.8 Å². The summed E-state index contributed by atoms with van der Waals surface area (Å²) < 4.78 is 10.5. The zero-order chi connectivity index (χ0) is 20.6. The molecule has 1 fully saturated rings. The molecule has 1 aliphatic rings. The summed E-state index contributed by atoms with van der Waals surface area (Å²) in [5.41, 5.74) is 0.924. The Morgan fingerprint density at radius 2 is 2.00 bits per heavy atom. The first-order valence-electron chi connectivity index (χ1n) is 10.1. The molecule has 1 unspecified atom stereocenters. The lowest BCUT2D eigenvalue weighted by atomic mass is 10.0. The van der Waals surface area contributed by atoms with Crippen molar-refractivity contribution in [3.05, 3.63) is 47.6 Å². The minimum absolute atomic E-state index is 0.116. The number of carbonyl (C=O) groups excluding carboxylic acids is 2. The fraction of sp³-hybridized carbons (Fsp3) is 0.524. The lowest BCUT2D eigenvalue weighted by molar-refractivity contribution is -0.122. The molecule has 1 saturated carbocycles. The Hall–Kier alpha value is -2.90. The Labute approximate surface area is 170 Å². The largest absolute Gasteiger partial charge is 0.445 e. The van der Waals surface area contributed by atoms with E-state index in [-0.39, 0.29) is 30.9 Å². The van der Waals surface area contributed by atoms with Gasteiger partial charge in [-0.1, -0.05) is 49.3 Å². The van der Waals surface area contributed by atoms with E-state index in [2.05, 4.69) is 20.8 Å². The van der Waals surface area contributed by atoms with Crippen molar-refractivity contribution >= 4 is 12.0 Å². The van der Waals surface area contributed by atoms with E-state index in [1.54, 1.807) is 0 Å². The molecule has 0 radical (unpaired) electrons. The standard InChI is InChI=1S/C21H28N4O4/c1-14(2)18(20-24-19(25-29-20)16-10-11-16)23-17(26)9-6-12-22-21(27)28-13-15-7-4-3-5-8-15/h3-5,7-8,14,16,18H,6,9-13H2,1-2H3,(H,22,27)(H,23,26). The van der Waals surface area contributed by atoms with Crippen LogP contribution in [0.15, 0.2) is 34.9 Å². The summed E-state index contributed by atoms with van der Waals surface area (Å²) in [6, 6.07) is 9.15. The molecule has 0 aliphatic heterocycles. The third-order valence-corrected chi connectivity index (χ3v) is 4.71. The van der Waals surface area contributed by atoms with Gasteiger partial charge in [0.05, 0.1) is 0 Å². The zero-order valence-electron chi connectivity index (χ0n) is 16.9. The van der Waals surface area contributed by atoms with Crippen LogP contribution in [0.5, 0.6) is 0 Å². The summed E-state index contributed by atoms with van der Waals surface area (Å²) in [6.07, 6.45) is 2.49. The predicted molar refractivity (Wildman–Crippen MR) is 106 cm³/mol. The molecule has 1 aromatic heterocycles. The van der Waals surface area contributed by atoms with Crippen molar-refractivity contribution in [1.29, 1.82) is 0 Å². The molecule has 8 heteroatoms. The SMILES string of the molecule is CC(C)C(NC(=O)CCCNC(=O)OCc1ccccc1)c1nc(C2CC2)no1. The summed E-state index contributed by atoms with van der Waals surface area (Å²) in [4.78, 5) is 28.5. The quantitative estimate of drug-likeness (QED) is 0.592. The Bertz CT molecular complexity index is 802. The van der Waals surface area contributed by atoms with Gasteiger partial charge in [0.15, 0.2) is 5.82 Å². The number of nitrogens with zero attached hydrogens (tertiary/aromatic N) is 2. The highest BCUT2D eigenvalue weighted by molar-refractivity contribution is 5.76. The number of amides is 2. The first kappa shape index (κ1) is 20.8. The molecule has 3 rings (SSSR count). The van der Waals surface area contributed by atoms with Gasteiger partial charge >= 0.3 is 6.09 Å². The second-order valence-electron chi connectivity index (χ2n) is 7.65. The molecule has 156 valence electrons. The molecule has 1 atom stereocenters. The Balaban J connectivity index is 1.35. The van der Waals surface area contributed by atoms with Gasteiger partial charge in [-0.25, -0.2) is 4.79 Å². The fourth-order valence-corrected chi connectivity index (χ4v) is 2.85. The van der Waals surface area contributed by atoms with Crippen LogP contribution in [0.2, 0.25) is 0 Å². The summed E-state index contributed by atoms with van der Waals surface area (Å²) in [5, 5.41) is 9.64. The molecule has 1 aromatic carbocycles. The maximum Gasteiger partial charge on any atom is 0.407 e. The molecule has 1 heterocycles. The monoisotopic (exact) mass is 400 g/mol. The molecule has 29 heavy (non-hydrogen) atoms. The number of benzene rings is 1. The van der Waals surface area contributed by atoms with Crippen LogP contribution in [0.4, 0.5) is 4.79 Å². The van der Waals surface area contributed by atoms with Gasteiger partial charge in [-0.15, -0.1) is 0 Å². The first-order valence-corrected chi connectivity index (χ1v) is 10.1. The molecular formula is C21H28N4O4. The Morgan fingerprint density at radius 3 is 2.69 bits per heavy atom. The topological polar surface area (TPSA) is 106 Å². The average molecular weight is 400 g/mol. The third kappa shape index (κ3) is 6.58. The highest BCUT2D eigenvalue weighted by Crippen LogP contribution is 2.38. The van der Waals surface area contributed by atoms with Crippen molar-refractivity contribution in [2.24, 2.45) is 5.92 Å². The van der Waals surface area contributed by atoms with Crippen LogP contribution in [-0.4, -0.2) is 28.7 Å². The maximum atomic E-state index is 12.3. The van der Waals surface area contributed by atoms with Crippen molar-refractivity contribution in [1.82, 2.24) is 20.8 Å². The second-order valence-corrected chi connectivity index (χ2v) is 7.65. The lowest BCUT2D eigenvalue weighted by Gasteiger charge is -2.18. The first-order chi connectivity index (χ1) is 14.0. The normalized spacial score (nSPS) is 14.4. The summed E-state index contributed by atoms with van der Waals surface area (Å²) >= 11 is 0. The van der Waals surface area contributed by atoms with Crippen LogP contribution in [-0.2, 0) is 16.1 Å². The minimum Gasteiger partial charge on any atom is -0.445 e. The number of carbonyl (C=O) groups is 2. The van der Waals surface area contributed by atoms with Gasteiger partial charge < -0.3 is 19.9 Å². The number of rotatable bonds is 10. The van der Waals surface area contributed by atoms with E-state index in [9.17, 15) is 9.59 Å². The van der Waals surface area contributed by atoms with E-state index >= 15 is 0 Å². The second kappa shape index (κ2) is 10.0. The highest BCUT2D eigenvalue weighted by atomic mass is 16.5. The lowest BCUT2D eigenvalue weighted by Crippen LogP contribution is -2.33. The summed E-state index contributed by atoms with van der Waals surface area (Å²) in [7, 11) is 0. The zero-order valence-corrected chi connectivity index (χ0v) is 16.9. The predicted octanol–water partition coefficient (Wildman–Crippen LogP) is 3.47. The van der Waals surface area contributed by atoms with Crippen molar-refractivity contribution in [2.75, 3.05) is 6.54 Å². The maximum absolute atomic E-state index is 12.3. The van der Waals surface area contributed by atoms with Gasteiger partial charge in [0, 0.05) is 18.9 Å². The smallest absolute Gasteiger partial charge is 0.407 e. The number of alkyl carbamates (subject to hydrolysis) is 1. The average Bonchev–Trinajstić information content (AvgIpc) is 3.46. The van der Waals surface area contributed by atoms with E-state index < -0.39 is 6.09 Å². The molecule has 0 bridgehead atoms. The molecule has 0 saturated heterocycles. The van der Waals surface area contributed by atoms with E-state index in [1.165, 1.54) is 0 Å². The Kier molecular flexibility index (Phi) is 7.21. The van der Waals surface area contributed by atoms with Gasteiger partial charge in [0.2, 0.25) is 11.8 Å². The van der Waals surface area contributed by atoms with E-state index in [0.29, 0.717) is 24.8 Å². The highest BCUT2D eigenvalue weighted by Gasteiger charge is 2.31. The van der Waals surface area contributed by atoms with E-state index in [4.69, 9.17) is 9.26 Å². The van der Waals surface area contributed by atoms with Crippen LogP contribution in [0.3, 0.4) is 0 Å². The van der Waals surface area contributed by atoms with Gasteiger partial charge in [0.1, 0.15) is 12.6 Å². The van der Waals surface area contributed by atoms with Crippen LogP contribution >= 0.6 is 0 Å². The van der Waals surface area contributed by atoms with Gasteiger partial charge in [-0.2, -0.15) is 4.98 Å². The van der Waals surface area contributed by atoms with Crippen LogP contribution in [0.25, 0.3) is 0 Å². The van der Waals surface area contributed by atoms with Crippen molar-refractivity contribution in [3.8, 4) is 0 Å². The van der Waals surface area contributed by atoms with Crippen molar-refractivity contribution in [3.63, 3.8) is 0 Å². The summed E-state index contributed by atoms with van der Waals surface area (Å²) in [5.74, 6) is 1.60. The fourth-order valence-electron chi connectivity index (χ4n) is 2.85.